The van der Waals surface area contributed by atoms with E-state index in [2.05, 4.69) is 41.4 Å². The van der Waals surface area contributed by atoms with E-state index in [1.54, 1.807) is 0 Å². The predicted molar refractivity (Wildman–Crippen MR) is 75.4 cm³/mol. The second-order valence-corrected chi connectivity index (χ2v) is 5.94. The van der Waals surface area contributed by atoms with Gasteiger partial charge in [0.2, 0.25) is 0 Å². The maximum atomic E-state index is 3.59. The van der Waals surface area contributed by atoms with Gasteiger partial charge < -0.3 is 5.32 Å². The van der Waals surface area contributed by atoms with Gasteiger partial charge in [0.15, 0.2) is 0 Å². The Kier molecular flexibility index (Phi) is 3.67. The summed E-state index contributed by atoms with van der Waals surface area (Å²) in [5.74, 6) is 0. The Hall–Kier alpha value is -0.860. The van der Waals surface area contributed by atoms with Crippen LogP contribution in [0.4, 0.5) is 0 Å². The molecule has 1 aromatic carbocycles. The quantitative estimate of drug-likeness (QED) is 0.856. The Morgan fingerprint density at radius 1 is 1.22 bits per heavy atom. The molecule has 1 aliphatic heterocycles. The first kappa shape index (κ1) is 12.2. The summed E-state index contributed by atoms with van der Waals surface area (Å²) in [5.41, 5.74) is 2.91. The highest BCUT2D eigenvalue weighted by Crippen LogP contribution is 2.21. The minimum atomic E-state index is 0.762. The van der Waals surface area contributed by atoms with E-state index in [1.165, 1.54) is 43.4 Å². The van der Waals surface area contributed by atoms with Crippen molar-refractivity contribution in [1.82, 2.24) is 10.2 Å². The van der Waals surface area contributed by atoms with Crippen LogP contribution >= 0.6 is 0 Å². The van der Waals surface area contributed by atoms with Gasteiger partial charge in [-0.15, -0.1) is 0 Å². The van der Waals surface area contributed by atoms with Crippen molar-refractivity contribution in [2.75, 3.05) is 6.54 Å². The molecule has 2 nitrogen and oxygen atoms in total. The average molecular weight is 244 g/mol. The van der Waals surface area contributed by atoms with Gasteiger partial charge in [0.25, 0.3) is 0 Å². The topological polar surface area (TPSA) is 15.3 Å². The first-order valence-corrected chi connectivity index (χ1v) is 7.36. The molecule has 2 fully saturated rings. The lowest BCUT2D eigenvalue weighted by Gasteiger charge is -2.21. The van der Waals surface area contributed by atoms with Gasteiger partial charge in [0.1, 0.15) is 0 Å². The van der Waals surface area contributed by atoms with Gasteiger partial charge in [-0.2, -0.15) is 0 Å². The first-order valence-electron chi connectivity index (χ1n) is 7.36. The predicted octanol–water partition coefficient (Wildman–Crippen LogP) is 2.92. The zero-order valence-corrected chi connectivity index (χ0v) is 11.4. The normalized spacial score (nSPS) is 24.6. The summed E-state index contributed by atoms with van der Waals surface area (Å²) in [7, 11) is 0. The van der Waals surface area contributed by atoms with Crippen LogP contribution in [-0.2, 0) is 13.1 Å². The molecule has 2 heteroatoms. The Morgan fingerprint density at radius 2 is 2.06 bits per heavy atom. The van der Waals surface area contributed by atoms with Crippen LogP contribution in [0.3, 0.4) is 0 Å². The molecule has 0 spiro atoms. The van der Waals surface area contributed by atoms with E-state index in [0.29, 0.717) is 0 Å². The van der Waals surface area contributed by atoms with Crippen molar-refractivity contribution in [3.05, 3.63) is 35.4 Å². The van der Waals surface area contributed by atoms with Crippen LogP contribution < -0.4 is 5.32 Å². The Morgan fingerprint density at radius 3 is 2.78 bits per heavy atom. The molecule has 0 amide bonds. The number of hydrogen-bond donors (Lipinski definition) is 1. The lowest BCUT2D eigenvalue weighted by atomic mass is 10.1. The third kappa shape index (κ3) is 3.12. The summed E-state index contributed by atoms with van der Waals surface area (Å²) in [6, 6.07) is 10.7. The van der Waals surface area contributed by atoms with Crippen molar-refractivity contribution in [3.8, 4) is 0 Å². The zero-order valence-electron chi connectivity index (χ0n) is 11.4. The molecule has 1 N–H and O–H groups in total. The van der Waals surface area contributed by atoms with Crippen LogP contribution in [0, 0.1) is 0 Å². The number of nitrogens with one attached hydrogen (secondary N) is 1. The number of hydrogen-bond acceptors (Lipinski definition) is 2. The molecule has 2 aliphatic rings. The standard InChI is InChI=1S/C16H24N2/c1-13-4-3-9-18(13)12-15-6-2-5-14(10-15)11-17-16-7-8-16/h2,5-6,10,13,16-17H,3-4,7-9,11-12H2,1H3. The maximum absolute atomic E-state index is 3.59. The van der Waals surface area contributed by atoms with E-state index >= 15 is 0 Å². The second-order valence-electron chi connectivity index (χ2n) is 5.94. The summed E-state index contributed by atoms with van der Waals surface area (Å²) in [6.45, 7) is 5.78. The third-order valence-electron chi connectivity index (χ3n) is 4.24. The molecule has 3 rings (SSSR count). The van der Waals surface area contributed by atoms with E-state index < -0.39 is 0 Å². The van der Waals surface area contributed by atoms with Crippen molar-refractivity contribution < 1.29 is 0 Å². The van der Waals surface area contributed by atoms with E-state index in [9.17, 15) is 0 Å². The van der Waals surface area contributed by atoms with Crippen molar-refractivity contribution in [3.63, 3.8) is 0 Å². The highest BCUT2D eigenvalue weighted by atomic mass is 15.2. The van der Waals surface area contributed by atoms with Gasteiger partial charge in [-0.1, -0.05) is 24.3 Å². The minimum Gasteiger partial charge on any atom is -0.310 e. The summed E-state index contributed by atoms with van der Waals surface area (Å²) in [6.07, 6.45) is 5.46. The van der Waals surface area contributed by atoms with Crippen molar-refractivity contribution in [1.29, 1.82) is 0 Å². The smallest absolute Gasteiger partial charge is 0.0236 e. The maximum Gasteiger partial charge on any atom is 0.0236 e. The summed E-state index contributed by atoms with van der Waals surface area (Å²) >= 11 is 0. The number of nitrogens with zero attached hydrogens (tertiary/aromatic N) is 1. The Balaban J connectivity index is 1.58. The van der Waals surface area contributed by atoms with Crippen LogP contribution in [-0.4, -0.2) is 23.5 Å². The first-order chi connectivity index (χ1) is 8.81. The van der Waals surface area contributed by atoms with Crippen LogP contribution in [0.5, 0.6) is 0 Å². The average Bonchev–Trinajstić information content (AvgIpc) is 3.13. The lowest BCUT2D eigenvalue weighted by Crippen LogP contribution is -2.26. The van der Waals surface area contributed by atoms with Crippen LogP contribution in [0.25, 0.3) is 0 Å². The van der Waals surface area contributed by atoms with Gasteiger partial charge in [0.05, 0.1) is 0 Å². The van der Waals surface area contributed by atoms with Crippen LogP contribution in [0.2, 0.25) is 0 Å². The molecule has 1 saturated carbocycles. The molecule has 1 saturated heterocycles. The highest BCUT2D eigenvalue weighted by molar-refractivity contribution is 5.23. The fraction of sp³-hybridized carbons (Fsp3) is 0.625. The number of benzene rings is 1. The highest BCUT2D eigenvalue weighted by Gasteiger charge is 2.21. The molecule has 1 heterocycles. The zero-order chi connectivity index (χ0) is 12.4. The Labute approximate surface area is 110 Å². The Bertz CT molecular complexity index is 398. The van der Waals surface area contributed by atoms with E-state index in [0.717, 1.165) is 25.2 Å². The van der Waals surface area contributed by atoms with E-state index in [-0.39, 0.29) is 0 Å². The fourth-order valence-electron chi connectivity index (χ4n) is 2.85. The molecule has 0 aromatic heterocycles. The number of rotatable bonds is 5. The molecule has 1 atom stereocenters. The third-order valence-corrected chi connectivity index (χ3v) is 4.24. The molecule has 0 bridgehead atoms. The molecular weight excluding hydrogens is 220 g/mol. The van der Waals surface area contributed by atoms with Gasteiger partial charge in [0, 0.05) is 25.2 Å². The summed E-state index contributed by atoms with van der Waals surface area (Å²) in [4.78, 5) is 2.60. The molecule has 0 radical (unpaired) electrons. The van der Waals surface area contributed by atoms with Crippen molar-refractivity contribution in [2.24, 2.45) is 0 Å². The summed E-state index contributed by atoms with van der Waals surface area (Å²) in [5, 5.41) is 3.59. The number of likely N-dealkylation sites (tertiary alicyclic amines) is 1. The molecule has 1 unspecified atom stereocenters. The fourth-order valence-corrected chi connectivity index (χ4v) is 2.85. The molecule has 1 aliphatic carbocycles. The van der Waals surface area contributed by atoms with E-state index in [1.807, 2.05) is 0 Å². The molecule has 18 heavy (non-hydrogen) atoms. The van der Waals surface area contributed by atoms with Crippen molar-refractivity contribution in [2.45, 2.75) is 57.8 Å². The van der Waals surface area contributed by atoms with Gasteiger partial charge in [-0.05, 0) is 50.3 Å². The summed E-state index contributed by atoms with van der Waals surface area (Å²) < 4.78 is 0. The van der Waals surface area contributed by atoms with Gasteiger partial charge >= 0.3 is 0 Å². The largest absolute Gasteiger partial charge is 0.310 e. The lowest BCUT2D eigenvalue weighted by molar-refractivity contribution is 0.260. The van der Waals surface area contributed by atoms with Crippen LogP contribution in [0.15, 0.2) is 24.3 Å². The van der Waals surface area contributed by atoms with Gasteiger partial charge in [-0.25, -0.2) is 0 Å². The SMILES string of the molecule is CC1CCCN1Cc1cccc(CNC2CC2)c1. The van der Waals surface area contributed by atoms with Crippen molar-refractivity contribution >= 4 is 0 Å². The monoisotopic (exact) mass is 244 g/mol. The van der Waals surface area contributed by atoms with Crippen LogP contribution in [0.1, 0.15) is 43.7 Å². The second kappa shape index (κ2) is 5.41. The van der Waals surface area contributed by atoms with Gasteiger partial charge in [-0.3, -0.25) is 4.90 Å². The molecular formula is C16H24N2. The molecule has 98 valence electrons. The molecule has 1 aromatic rings. The minimum absolute atomic E-state index is 0.762. The van der Waals surface area contributed by atoms with E-state index in [4.69, 9.17) is 0 Å².